The summed E-state index contributed by atoms with van der Waals surface area (Å²) in [4.78, 5) is 30.4. The first-order valence-corrected chi connectivity index (χ1v) is 14.4. The molecule has 2 amide bonds. The smallest absolute Gasteiger partial charge is 0.338 e. The highest BCUT2D eigenvalue weighted by atomic mass is 32.2. The third-order valence-corrected chi connectivity index (χ3v) is 9.06. The van der Waals surface area contributed by atoms with E-state index in [1.165, 1.54) is 4.31 Å². The highest BCUT2D eigenvalue weighted by molar-refractivity contribution is 7.89. The Labute approximate surface area is 225 Å². The topological polar surface area (TPSA) is 99.3 Å². The molecule has 10 heteroatoms. The molecule has 2 aliphatic heterocycles. The highest BCUT2D eigenvalue weighted by Gasteiger charge is 2.40. The van der Waals surface area contributed by atoms with Crippen molar-refractivity contribution in [1.29, 1.82) is 0 Å². The molecule has 1 saturated heterocycles. The number of nitrogens with zero attached hydrogens (tertiary/aromatic N) is 3. The van der Waals surface area contributed by atoms with Gasteiger partial charge in [-0.05, 0) is 45.4 Å². The summed E-state index contributed by atoms with van der Waals surface area (Å²) < 4.78 is 33.6. The monoisotopic (exact) mass is 540 g/mol. The number of rotatable bonds is 8. The van der Waals surface area contributed by atoms with Crippen LogP contribution in [0.1, 0.15) is 37.9 Å². The van der Waals surface area contributed by atoms with Gasteiger partial charge < -0.3 is 10.1 Å². The van der Waals surface area contributed by atoms with Gasteiger partial charge in [0.15, 0.2) is 0 Å². The van der Waals surface area contributed by atoms with E-state index in [4.69, 9.17) is 4.74 Å². The van der Waals surface area contributed by atoms with Gasteiger partial charge in [-0.3, -0.25) is 9.80 Å². The van der Waals surface area contributed by atoms with E-state index in [9.17, 15) is 18.0 Å². The quantitative estimate of drug-likeness (QED) is 0.516. The zero-order chi connectivity index (χ0) is 27.4. The van der Waals surface area contributed by atoms with Crippen LogP contribution >= 0.6 is 0 Å². The molecule has 0 bridgehead atoms. The Morgan fingerprint density at radius 3 is 2.34 bits per heavy atom. The van der Waals surface area contributed by atoms with Crippen LogP contribution in [0.5, 0.6) is 0 Å². The van der Waals surface area contributed by atoms with Gasteiger partial charge in [0.25, 0.3) is 0 Å². The second-order valence-corrected chi connectivity index (χ2v) is 11.5. The van der Waals surface area contributed by atoms with Gasteiger partial charge in [0.05, 0.1) is 23.1 Å². The van der Waals surface area contributed by atoms with Crippen molar-refractivity contribution in [2.75, 3.05) is 39.3 Å². The number of amides is 2. The highest BCUT2D eigenvalue weighted by Crippen LogP contribution is 2.32. The lowest BCUT2D eigenvalue weighted by Gasteiger charge is -2.42. The summed E-state index contributed by atoms with van der Waals surface area (Å²) >= 11 is 0. The molecule has 0 aliphatic carbocycles. The van der Waals surface area contributed by atoms with E-state index in [1.54, 1.807) is 36.1 Å². The summed E-state index contributed by atoms with van der Waals surface area (Å²) in [5.74, 6) is -0.469. The predicted molar refractivity (Wildman–Crippen MR) is 145 cm³/mol. The van der Waals surface area contributed by atoms with Gasteiger partial charge in [0, 0.05) is 44.5 Å². The Balaban J connectivity index is 1.63. The van der Waals surface area contributed by atoms with Crippen molar-refractivity contribution < 1.29 is 22.7 Å². The standard InChI is InChI=1S/C28H36N4O5S/c1-5-31-24(25(27(33)37-6-2)26(29-28(31)34)22-10-8-7-9-11-22)19-30-16-17-32(21(4)18-30)38(35,36)23-14-12-20(3)13-15-23/h7-15,21,26H,5-6,16-19H2,1-4H3,(H,29,34)/t21-,26-/m0/s1. The number of hydrogen-bond acceptors (Lipinski definition) is 6. The fourth-order valence-electron chi connectivity index (χ4n) is 5.13. The van der Waals surface area contributed by atoms with Gasteiger partial charge in [-0.2, -0.15) is 4.31 Å². The van der Waals surface area contributed by atoms with Crippen LogP contribution in [0, 0.1) is 6.92 Å². The largest absolute Gasteiger partial charge is 0.463 e. The molecular formula is C28H36N4O5S. The van der Waals surface area contributed by atoms with Crippen LogP contribution in [0.3, 0.4) is 0 Å². The molecule has 0 spiro atoms. The van der Waals surface area contributed by atoms with Gasteiger partial charge in [0.2, 0.25) is 10.0 Å². The normalized spacial score (nSPS) is 21.4. The van der Waals surface area contributed by atoms with Crippen molar-refractivity contribution in [2.45, 2.75) is 44.7 Å². The van der Waals surface area contributed by atoms with Crippen LogP contribution in [0.4, 0.5) is 4.79 Å². The molecule has 4 rings (SSSR count). The third-order valence-electron chi connectivity index (χ3n) is 7.03. The lowest BCUT2D eigenvalue weighted by molar-refractivity contribution is -0.139. The second kappa shape index (κ2) is 11.7. The van der Waals surface area contributed by atoms with Crippen molar-refractivity contribution in [3.05, 3.63) is 77.0 Å². The third kappa shape index (κ3) is 5.62. The van der Waals surface area contributed by atoms with E-state index >= 15 is 0 Å². The van der Waals surface area contributed by atoms with Gasteiger partial charge in [-0.15, -0.1) is 0 Å². The van der Waals surface area contributed by atoms with Crippen molar-refractivity contribution in [2.24, 2.45) is 0 Å². The fraction of sp³-hybridized carbons (Fsp3) is 0.429. The van der Waals surface area contributed by atoms with Crippen LogP contribution in [0.15, 0.2) is 70.8 Å². The first kappa shape index (κ1) is 27.8. The number of sulfonamides is 1. The van der Waals surface area contributed by atoms with Crippen molar-refractivity contribution in [1.82, 2.24) is 19.4 Å². The number of ether oxygens (including phenoxy) is 1. The van der Waals surface area contributed by atoms with Crippen molar-refractivity contribution >= 4 is 22.0 Å². The van der Waals surface area contributed by atoms with Crippen molar-refractivity contribution in [3.8, 4) is 0 Å². The summed E-state index contributed by atoms with van der Waals surface area (Å²) in [6.07, 6.45) is 0. The van der Waals surface area contributed by atoms with Gasteiger partial charge >= 0.3 is 12.0 Å². The van der Waals surface area contributed by atoms with Gasteiger partial charge in [0.1, 0.15) is 0 Å². The minimum Gasteiger partial charge on any atom is -0.463 e. The summed E-state index contributed by atoms with van der Waals surface area (Å²) in [6, 6.07) is 15.0. The first-order valence-electron chi connectivity index (χ1n) is 13.0. The summed E-state index contributed by atoms with van der Waals surface area (Å²) in [5, 5.41) is 2.97. The number of benzene rings is 2. The molecule has 1 fully saturated rings. The lowest BCUT2D eigenvalue weighted by atomic mass is 9.94. The summed E-state index contributed by atoms with van der Waals surface area (Å²) in [5.41, 5.74) is 2.78. The average molecular weight is 541 g/mol. The number of hydrogen-bond donors (Lipinski definition) is 1. The summed E-state index contributed by atoms with van der Waals surface area (Å²) in [7, 11) is -3.64. The number of carbonyl (C=O) groups is 2. The van der Waals surface area contributed by atoms with Crippen LogP contribution in [-0.2, 0) is 19.6 Å². The molecule has 2 heterocycles. The molecule has 2 aromatic rings. The molecule has 0 unspecified atom stereocenters. The maximum atomic E-state index is 13.3. The molecule has 2 atom stereocenters. The van der Waals surface area contributed by atoms with E-state index in [2.05, 4.69) is 10.2 Å². The molecule has 0 radical (unpaired) electrons. The molecule has 204 valence electrons. The van der Waals surface area contributed by atoms with Gasteiger partial charge in [-0.25, -0.2) is 18.0 Å². The minimum absolute atomic E-state index is 0.212. The molecule has 38 heavy (non-hydrogen) atoms. The molecule has 0 saturated carbocycles. The Bertz CT molecular complexity index is 1290. The molecule has 0 aromatic heterocycles. The molecule has 1 N–H and O–H groups in total. The predicted octanol–water partition coefficient (Wildman–Crippen LogP) is 3.29. The van der Waals surface area contributed by atoms with Crippen molar-refractivity contribution in [3.63, 3.8) is 0 Å². The second-order valence-electron chi connectivity index (χ2n) is 9.63. The molecule has 2 aliphatic rings. The Hall–Kier alpha value is -3.21. The Kier molecular flexibility index (Phi) is 8.54. The van der Waals surface area contributed by atoms with Crippen LogP contribution in [-0.4, -0.2) is 79.9 Å². The molecular weight excluding hydrogens is 504 g/mol. The number of likely N-dealkylation sites (N-methyl/N-ethyl adjacent to an activating group) is 1. The van der Waals surface area contributed by atoms with E-state index in [0.717, 1.165) is 11.1 Å². The van der Waals surface area contributed by atoms with Crippen LogP contribution in [0.25, 0.3) is 0 Å². The number of urea groups is 1. The first-order chi connectivity index (χ1) is 18.2. The van der Waals surface area contributed by atoms with E-state index in [0.29, 0.717) is 44.0 Å². The zero-order valence-electron chi connectivity index (χ0n) is 22.4. The van der Waals surface area contributed by atoms with E-state index in [1.807, 2.05) is 51.1 Å². The average Bonchev–Trinajstić information content (AvgIpc) is 2.89. The number of esters is 1. The number of piperazine rings is 1. The van der Waals surface area contributed by atoms with Crippen LogP contribution in [0.2, 0.25) is 0 Å². The maximum absolute atomic E-state index is 13.3. The Morgan fingerprint density at radius 2 is 1.74 bits per heavy atom. The summed E-state index contributed by atoms with van der Waals surface area (Å²) in [6.45, 7) is 9.56. The number of nitrogens with one attached hydrogen (secondary N) is 1. The van der Waals surface area contributed by atoms with E-state index in [-0.39, 0.29) is 23.6 Å². The minimum atomic E-state index is -3.64. The molecule has 9 nitrogen and oxygen atoms in total. The lowest BCUT2D eigenvalue weighted by Crippen LogP contribution is -2.56. The van der Waals surface area contributed by atoms with Crippen LogP contribution < -0.4 is 5.32 Å². The number of aryl methyl sites for hydroxylation is 1. The number of carbonyl (C=O) groups excluding carboxylic acids is 2. The molecule has 2 aromatic carbocycles. The SMILES string of the molecule is CCOC(=O)C1=C(CN2CCN(S(=O)(=O)c3ccc(C)cc3)[C@@H](C)C2)N(CC)C(=O)N[C@H]1c1ccccc1. The maximum Gasteiger partial charge on any atom is 0.338 e. The Morgan fingerprint density at radius 1 is 1.05 bits per heavy atom. The zero-order valence-corrected chi connectivity index (χ0v) is 23.2. The van der Waals surface area contributed by atoms with Gasteiger partial charge in [-0.1, -0.05) is 48.0 Å². The van der Waals surface area contributed by atoms with E-state index < -0.39 is 22.0 Å². The fourth-order valence-corrected chi connectivity index (χ4v) is 6.74.